The number of thiophene rings is 1. The summed E-state index contributed by atoms with van der Waals surface area (Å²) < 4.78 is 33.9. The number of methoxy groups -OCH3 is 1. The van der Waals surface area contributed by atoms with Crippen LogP contribution < -0.4 is 4.80 Å². The van der Waals surface area contributed by atoms with Crippen LogP contribution in [0.15, 0.2) is 44.9 Å². The number of hydrogen-bond acceptors (Lipinski definition) is 9. The Labute approximate surface area is 195 Å². The van der Waals surface area contributed by atoms with Crippen LogP contribution in [0.2, 0.25) is 0 Å². The number of hydrogen-bond donors (Lipinski definition) is 0. The Bertz CT molecular complexity index is 1410. The highest BCUT2D eigenvalue weighted by Gasteiger charge is 2.40. The van der Waals surface area contributed by atoms with E-state index in [2.05, 4.69) is 4.99 Å². The molecule has 1 aliphatic rings. The minimum Gasteiger partial charge on any atom is -0.468 e. The predicted molar refractivity (Wildman–Crippen MR) is 120 cm³/mol. The molecule has 1 saturated heterocycles. The third kappa shape index (κ3) is 4.46. The zero-order valence-corrected chi connectivity index (χ0v) is 19.7. The summed E-state index contributed by atoms with van der Waals surface area (Å²) in [7, 11) is -2.62. The van der Waals surface area contributed by atoms with Crippen molar-refractivity contribution in [3.63, 3.8) is 0 Å². The average molecular weight is 511 g/mol. The number of carbonyl (C=O) groups excluding carboxylic acids is 2. The van der Waals surface area contributed by atoms with Crippen LogP contribution in [0.4, 0.5) is 5.69 Å². The van der Waals surface area contributed by atoms with Gasteiger partial charge in [-0.05, 0) is 30.4 Å². The first-order chi connectivity index (χ1) is 15.7. The van der Waals surface area contributed by atoms with E-state index in [9.17, 15) is 28.1 Å². The molecule has 0 N–H and O–H groups in total. The standard InChI is InChI=1S/C19H18N4O7S3/c1-30-16(24)11-21-13-7-6-12(23(26)27)10-15(13)32-19(21)20-18(25)14-4-2-8-22(14)33(28,29)17-5-3-9-31-17/h3,5-7,9-10,14H,2,4,8,11H2,1H3. The van der Waals surface area contributed by atoms with Crippen LogP contribution in [-0.2, 0) is 30.9 Å². The van der Waals surface area contributed by atoms with Crippen molar-refractivity contribution in [1.82, 2.24) is 8.87 Å². The average Bonchev–Trinajstić information content (AvgIpc) is 3.54. The van der Waals surface area contributed by atoms with Gasteiger partial charge in [-0.3, -0.25) is 19.7 Å². The fourth-order valence-electron chi connectivity index (χ4n) is 3.58. The van der Waals surface area contributed by atoms with Gasteiger partial charge in [0, 0.05) is 18.7 Å². The number of nitrogens with zero attached hydrogens (tertiary/aromatic N) is 4. The first kappa shape index (κ1) is 23.2. The number of nitro benzene ring substituents is 1. The molecule has 0 saturated carbocycles. The largest absolute Gasteiger partial charge is 0.468 e. The van der Waals surface area contributed by atoms with Crippen molar-refractivity contribution in [2.24, 2.45) is 4.99 Å². The van der Waals surface area contributed by atoms with E-state index >= 15 is 0 Å². The molecule has 0 aliphatic carbocycles. The molecule has 1 fully saturated rings. The van der Waals surface area contributed by atoms with E-state index in [0.29, 0.717) is 23.1 Å². The molecule has 14 heteroatoms. The molecule has 1 unspecified atom stereocenters. The van der Waals surface area contributed by atoms with Crippen molar-refractivity contribution in [2.75, 3.05) is 13.7 Å². The first-order valence-electron chi connectivity index (χ1n) is 9.71. The Hall–Kier alpha value is -2.94. The van der Waals surface area contributed by atoms with Gasteiger partial charge in [-0.1, -0.05) is 17.4 Å². The Balaban J connectivity index is 1.76. The number of ether oxygens (including phenoxy) is 1. The topological polar surface area (TPSA) is 141 Å². The molecule has 3 heterocycles. The Morgan fingerprint density at radius 2 is 2.12 bits per heavy atom. The number of non-ortho nitro benzene ring substituents is 1. The summed E-state index contributed by atoms with van der Waals surface area (Å²) in [5.41, 5.74) is 0.327. The zero-order chi connectivity index (χ0) is 23.8. The molecule has 2 aromatic heterocycles. The van der Waals surface area contributed by atoms with Crippen molar-refractivity contribution in [1.29, 1.82) is 0 Å². The molecule has 11 nitrogen and oxygen atoms in total. The van der Waals surface area contributed by atoms with Crippen molar-refractivity contribution in [2.45, 2.75) is 29.6 Å². The Kier molecular flexibility index (Phi) is 6.43. The zero-order valence-electron chi connectivity index (χ0n) is 17.2. The fourth-order valence-corrected chi connectivity index (χ4v) is 7.41. The molecule has 0 radical (unpaired) electrons. The van der Waals surface area contributed by atoms with Crippen LogP contribution in [0.3, 0.4) is 0 Å². The molecule has 33 heavy (non-hydrogen) atoms. The number of rotatable bonds is 6. The third-order valence-electron chi connectivity index (χ3n) is 5.14. The van der Waals surface area contributed by atoms with Crippen LogP contribution in [0.25, 0.3) is 10.2 Å². The summed E-state index contributed by atoms with van der Waals surface area (Å²) >= 11 is 2.07. The molecule has 4 rings (SSSR count). The lowest BCUT2D eigenvalue weighted by Gasteiger charge is -2.20. The van der Waals surface area contributed by atoms with Gasteiger partial charge in [-0.2, -0.15) is 9.30 Å². The number of esters is 1. The van der Waals surface area contributed by atoms with Crippen molar-refractivity contribution in [3.8, 4) is 0 Å². The normalized spacial score (nSPS) is 17.5. The second-order valence-corrected chi connectivity index (χ2v) is 11.2. The maximum atomic E-state index is 13.1. The van der Waals surface area contributed by atoms with E-state index in [0.717, 1.165) is 27.0 Å². The van der Waals surface area contributed by atoms with Gasteiger partial charge in [0.1, 0.15) is 16.8 Å². The van der Waals surface area contributed by atoms with Gasteiger partial charge in [0.25, 0.3) is 21.6 Å². The minimum atomic E-state index is -3.84. The maximum Gasteiger partial charge on any atom is 0.325 e. The predicted octanol–water partition coefficient (Wildman–Crippen LogP) is 2.13. The number of benzene rings is 1. The van der Waals surface area contributed by atoms with Crippen molar-refractivity contribution >= 4 is 60.5 Å². The molecule has 1 atom stereocenters. The minimum absolute atomic E-state index is 0.126. The third-order valence-corrected chi connectivity index (χ3v) is 9.47. The van der Waals surface area contributed by atoms with Crippen LogP contribution >= 0.6 is 22.7 Å². The van der Waals surface area contributed by atoms with E-state index < -0.39 is 32.9 Å². The Morgan fingerprint density at radius 1 is 1.33 bits per heavy atom. The van der Waals surface area contributed by atoms with Gasteiger partial charge in [-0.25, -0.2) is 8.42 Å². The molecule has 1 aromatic carbocycles. The number of carbonyl (C=O) groups is 2. The number of thiazole rings is 1. The highest BCUT2D eigenvalue weighted by atomic mass is 32.2. The van der Waals surface area contributed by atoms with Crippen LogP contribution in [0, 0.1) is 10.1 Å². The highest BCUT2D eigenvalue weighted by molar-refractivity contribution is 7.91. The maximum absolute atomic E-state index is 13.1. The van der Waals surface area contributed by atoms with Gasteiger partial charge < -0.3 is 9.30 Å². The van der Waals surface area contributed by atoms with Gasteiger partial charge in [-0.15, -0.1) is 11.3 Å². The van der Waals surface area contributed by atoms with Crippen molar-refractivity contribution < 1.29 is 27.7 Å². The second-order valence-electron chi connectivity index (χ2n) is 7.11. The molecule has 174 valence electrons. The monoisotopic (exact) mass is 510 g/mol. The lowest BCUT2D eigenvalue weighted by atomic mass is 10.2. The SMILES string of the molecule is COC(=O)Cn1c(=NC(=O)C2CCCN2S(=O)(=O)c2cccs2)sc2cc([N+](=O)[O-])ccc21. The summed E-state index contributed by atoms with van der Waals surface area (Å²) in [6.07, 6.45) is 0.831. The van der Waals surface area contributed by atoms with Crippen molar-refractivity contribution in [3.05, 3.63) is 50.6 Å². The summed E-state index contributed by atoms with van der Waals surface area (Å²) in [5.74, 6) is -1.25. The lowest BCUT2D eigenvalue weighted by Crippen LogP contribution is -2.40. The highest BCUT2D eigenvalue weighted by Crippen LogP contribution is 2.29. The number of sulfonamides is 1. The molecule has 0 bridgehead atoms. The van der Waals surface area contributed by atoms with E-state index in [1.165, 1.54) is 35.9 Å². The lowest BCUT2D eigenvalue weighted by molar-refractivity contribution is -0.384. The van der Waals surface area contributed by atoms with Crippen LogP contribution in [0.5, 0.6) is 0 Å². The van der Waals surface area contributed by atoms with Gasteiger partial charge >= 0.3 is 5.97 Å². The number of aromatic nitrogens is 1. The van der Waals surface area contributed by atoms with Crippen LogP contribution in [-0.4, -0.2) is 53.8 Å². The molecular weight excluding hydrogens is 492 g/mol. The number of nitro groups is 1. The first-order valence-corrected chi connectivity index (χ1v) is 12.8. The smallest absolute Gasteiger partial charge is 0.325 e. The van der Waals surface area contributed by atoms with Gasteiger partial charge in [0.05, 0.1) is 22.2 Å². The van der Waals surface area contributed by atoms with E-state index in [-0.39, 0.29) is 27.8 Å². The molecule has 1 aliphatic heterocycles. The number of amides is 1. The fraction of sp³-hybridized carbons (Fsp3) is 0.316. The molecule has 3 aromatic rings. The molecule has 1 amide bonds. The molecule has 0 spiro atoms. The summed E-state index contributed by atoms with van der Waals surface area (Å²) in [6.45, 7) is -0.0603. The summed E-state index contributed by atoms with van der Waals surface area (Å²) in [6, 6.07) is 6.24. The second kappa shape index (κ2) is 9.13. The quantitative estimate of drug-likeness (QED) is 0.281. The van der Waals surface area contributed by atoms with Gasteiger partial charge in [0.2, 0.25) is 0 Å². The summed E-state index contributed by atoms with van der Waals surface area (Å²) in [4.78, 5) is 39.9. The Morgan fingerprint density at radius 3 is 2.79 bits per heavy atom. The number of fused-ring (bicyclic) bond motifs is 1. The van der Waals surface area contributed by atoms with E-state index in [1.54, 1.807) is 11.4 Å². The van der Waals surface area contributed by atoms with E-state index in [4.69, 9.17) is 4.74 Å². The summed E-state index contributed by atoms with van der Waals surface area (Å²) in [5, 5.41) is 12.8. The molecular formula is C19H18N4O7S3. The van der Waals surface area contributed by atoms with Gasteiger partial charge in [0.15, 0.2) is 4.80 Å². The van der Waals surface area contributed by atoms with E-state index in [1.807, 2.05) is 0 Å². The van der Waals surface area contributed by atoms with Crippen LogP contribution in [0.1, 0.15) is 12.8 Å².